The molecule has 2 heterocycles. The number of phenolic OH excluding ortho intramolecular Hbond substituents is 1. The molecule has 0 radical (unpaired) electrons. The summed E-state index contributed by atoms with van der Waals surface area (Å²) >= 11 is 0. The number of alkyl halides is 1. The van der Waals surface area contributed by atoms with Crippen molar-refractivity contribution in [2.24, 2.45) is 11.8 Å². The van der Waals surface area contributed by atoms with Gasteiger partial charge in [0.1, 0.15) is 17.7 Å². The van der Waals surface area contributed by atoms with Crippen molar-refractivity contribution in [2.75, 3.05) is 11.9 Å². The molecule has 2 aromatic heterocycles. The number of anilines is 1. The molecule has 8 heteroatoms. The molecule has 2 aliphatic rings. The molecule has 32 heavy (non-hydrogen) atoms. The minimum absolute atomic E-state index is 0.0735. The van der Waals surface area contributed by atoms with Crippen molar-refractivity contribution in [3.63, 3.8) is 0 Å². The van der Waals surface area contributed by atoms with Gasteiger partial charge in [-0.15, -0.1) is 10.2 Å². The van der Waals surface area contributed by atoms with Crippen LogP contribution in [0.25, 0.3) is 22.4 Å². The number of aromatic hydroxyl groups is 1. The third-order valence-electron chi connectivity index (χ3n) is 6.86. The number of rotatable bonds is 4. The molecule has 1 N–H and O–H groups in total. The van der Waals surface area contributed by atoms with Crippen LogP contribution in [0, 0.1) is 17.7 Å². The highest BCUT2D eigenvalue weighted by Crippen LogP contribution is 2.45. The topological polar surface area (TPSA) is 79.5 Å². The van der Waals surface area contributed by atoms with Crippen molar-refractivity contribution in [2.45, 2.75) is 37.9 Å². The largest absolute Gasteiger partial charge is 0.507 e. The molecule has 2 aliphatic carbocycles. The van der Waals surface area contributed by atoms with Gasteiger partial charge in [0.2, 0.25) is 0 Å². The van der Waals surface area contributed by atoms with Crippen LogP contribution in [0.2, 0.25) is 0 Å². The smallest absolute Gasteiger partial charge is 0.336 e. The fraction of sp³-hybridized carbons (Fsp3) is 0.375. The molecule has 0 amide bonds. The Morgan fingerprint density at radius 1 is 1.09 bits per heavy atom. The second kappa shape index (κ2) is 8.00. The Morgan fingerprint density at radius 2 is 1.94 bits per heavy atom. The maximum absolute atomic E-state index is 14.9. The van der Waals surface area contributed by atoms with Gasteiger partial charge in [0.05, 0.1) is 18.0 Å². The van der Waals surface area contributed by atoms with E-state index in [2.05, 4.69) is 14.6 Å². The molecule has 0 aliphatic heterocycles. The Kier molecular flexibility index (Phi) is 5.15. The van der Waals surface area contributed by atoms with E-state index in [1.165, 1.54) is 18.4 Å². The fourth-order valence-electron chi connectivity index (χ4n) is 5.14. The monoisotopic (exact) mass is 439 g/mol. The first-order valence-corrected chi connectivity index (χ1v) is 10.7. The number of nitrogens with zero attached hydrogens (tertiary/aromatic N) is 3. The average Bonchev–Trinajstić information content (AvgIpc) is 3.20. The Balaban J connectivity index is 1.40. The number of fused-ring (bicyclic) bond motifs is 2. The summed E-state index contributed by atoms with van der Waals surface area (Å²) in [6.45, 7) is 0. The summed E-state index contributed by atoms with van der Waals surface area (Å²) < 4.78 is 34.4. The molecule has 0 spiro atoms. The SMILES string of the molecule is CN(c1ccc(-c2cc(F)c(-c3ccoc(=O)c3)cc2O)nn1)[C@H]1C[C@@H]2CC[C@@H](C2)[C@H]1F. The molecular formula is C24H23F2N3O3. The molecule has 2 bridgehead atoms. The van der Waals surface area contributed by atoms with Crippen LogP contribution in [0.15, 0.2) is 51.9 Å². The van der Waals surface area contributed by atoms with Crippen LogP contribution in [0.5, 0.6) is 5.75 Å². The average molecular weight is 439 g/mol. The highest BCUT2D eigenvalue weighted by Gasteiger charge is 2.44. The van der Waals surface area contributed by atoms with Gasteiger partial charge >= 0.3 is 5.63 Å². The number of benzene rings is 1. The first-order valence-electron chi connectivity index (χ1n) is 10.7. The first-order chi connectivity index (χ1) is 15.4. The molecule has 2 saturated carbocycles. The molecule has 2 fully saturated rings. The van der Waals surface area contributed by atoms with E-state index in [0.29, 0.717) is 17.3 Å². The van der Waals surface area contributed by atoms with Gasteiger partial charge in [0.15, 0.2) is 5.82 Å². The lowest BCUT2D eigenvalue weighted by Gasteiger charge is -2.38. The Hall–Kier alpha value is -3.29. The van der Waals surface area contributed by atoms with E-state index in [9.17, 15) is 18.7 Å². The molecule has 4 atom stereocenters. The minimum atomic E-state index is -0.883. The van der Waals surface area contributed by atoms with Crippen LogP contribution >= 0.6 is 0 Å². The van der Waals surface area contributed by atoms with Crippen molar-refractivity contribution in [1.29, 1.82) is 0 Å². The van der Waals surface area contributed by atoms with E-state index in [4.69, 9.17) is 0 Å². The minimum Gasteiger partial charge on any atom is -0.507 e. The normalized spacial score (nSPS) is 24.5. The zero-order valence-electron chi connectivity index (χ0n) is 17.5. The van der Waals surface area contributed by atoms with E-state index in [1.807, 2.05) is 11.9 Å². The summed E-state index contributed by atoms with van der Waals surface area (Å²) in [4.78, 5) is 13.3. The highest BCUT2D eigenvalue weighted by molar-refractivity contribution is 5.74. The standard InChI is InChI=1S/C24H23F2N3O3/c1-29(20-9-13-2-3-15(8-13)24(20)26)22-5-4-19(27-28-22)17-11-18(25)16(12-21(17)30)14-6-7-32-23(31)10-14/h4-7,10-13,15,20,24,30H,2-3,8-9H2,1H3/t13-,15+,20+,24-/m1/s1. The molecule has 0 unspecified atom stereocenters. The highest BCUT2D eigenvalue weighted by atomic mass is 19.1. The Morgan fingerprint density at radius 3 is 2.69 bits per heavy atom. The zero-order chi connectivity index (χ0) is 22.4. The number of hydrogen-bond donors (Lipinski definition) is 1. The molecule has 1 aromatic carbocycles. The molecule has 5 rings (SSSR count). The lowest BCUT2D eigenvalue weighted by atomic mass is 9.83. The summed E-state index contributed by atoms with van der Waals surface area (Å²) in [6, 6.07) is 8.11. The van der Waals surface area contributed by atoms with Crippen LogP contribution in [0.3, 0.4) is 0 Å². The lowest BCUT2D eigenvalue weighted by Crippen LogP contribution is -2.46. The molecule has 6 nitrogen and oxygen atoms in total. The third kappa shape index (κ3) is 3.63. The maximum atomic E-state index is 14.9. The number of phenols is 1. The van der Waals surface area contributed by atoms with E-state index >= 15 is 0 Å². The van der Waals surface area contributed by atoms with Crippen LogP contribution in [0.4, 0.5) is 14.6 Å². The lowest BCUT2D eigenvalue weighted by molar-refractivity contribution is 0.144. The summed E-state index contributed by atoms with van der Waals surface area (Å²) in [6.07, 6.45) is 4.12. The maximum Gasteiger partial charge on any atom is 0.336 e. The van der Waals surface area contributed by atoms with E-state index in [1.54, 1.807) is 12.1 Å². The van der Waals surface area contributed by atoms with E-state index < -0.39 is 17.6 Å². The van der Waals surface area contributed by atoms with Gasteiger partial charge in [-0.1, -0.05) is 0 Å². The van der Waals surface area contributed by atoms with Crippen LogP contribution in [0.1, 0.15) is 25.7 Å². The molecule has 166 valence electrons. The summed E-state index contributed by atoms with van der Waals surface area (Å²) in [5.74, 6) is 0.418. The summed E-state index contributed by atoms with van der Waals surface area (Å²) in [5, 5.41) is 18.9. The molecule has 0 saturated heterocycles. The van der Waals surface area contributed by atoms with Crippen molar-refractivity contribution >= 4 is 5.82 Å². The van der Waals surface area contributed by atoms with Crippen LogP contribution in [-0.4, -0.2) is 34.6 Å². The van der Waals surface area contributed by atoms with Crippen LogP contribution in [-0.2, 0) is 0 Å². The van der Waals surface area contributed by atoms with Crippen molar-refractivity contribution in [3.05, 3.63) is 58.9 Å². The van der Waals surface area contributed by atoms with Gasteiger partial charge in [0.25, 0.3) is 0 Å². The molecular weight excluding hydrogens is 416 g/mol. The first kappa shape index (κ1) is 20.6. The Bertz CT molecular complexity index is 1200. The van der Waals surface area contributed by atoms with E-state index in [-0.39, 0.29) is 34.5 Å². The summed E-state index contributed by atoms with van der Waals surface area (Å²) in [5.41, 5.74) is 0.223. The second-order valence-electron chi connectivity index (χ2n) is 8.76. The van der Waals surface area contributed by atoms with E-state index in [0.717, 1.165) is 37.8 Å². The van der Waals surface area contributed by atoms with Gasteiger partial charge in [-0.25, -0.2) is 13.6 Å². The third-order valence-corrected chi connectivity index (χ3v) is 6.86. The predicted molar refractivity (Wildman–Crippen MR) is 116 cm³/mol. The van der Waals surface area contributed by atoms with Gasteiger partial charge in [-0.2, -0.15) is 0 Å². The van der Waals surface area contributed by atoms with Gasteiger partial charge in [-0.3, -0.25) is 0 Å². The second-order valence-corrected chi connectivity index (χ2v) is 8.76. The van der Waals surface area contributed by atoms with Crippen molar-refractivity contribution in [1.82, 2.24) is 10.2 Å². The number of hydrogen-bond acceptors (Lipinski definition) is 6. The Labute approximate surface area is 183 Å². The quantitative estimate of drug-likeness (QED) is 0.642. The number of halogens is 2. The summed E-state index contributed by atoms with van der Waals surface area (Å²) in [7, 11) is 1.83. The van der Waals surface area contributed by atoms with Crippen LogP contribution < -0.4 is 10.5 Å². The van der Waals surface area contributed by atoms with Crippen molar-refractivity contribution in [3.8, 4) is 28.1 Å². The predicted octanol–water partition coefficient (Wildman–Crippen LogP) is 4.57. The van der Waals surface area contributed by atoms with Crippen molar-refractivity contribution < 1.29 is 18.3 Å². The van der Waals surface area contributed by atoms with Gasteiger partial charge < -0.3 is 14.4 Å². The zero-order valence-corrected chi connectivity index (χ0v) is 17.5. The fourth-order valence-corrected chi connectivity index (χ4v) is 5.14. The van der Waals surface area contributed by atoms with Gasteiger partial charge in [0, 0.05) is 24.2 Å². The molecule has 3 aromatic rings. The van der Waals surface area contributed by atoms with Gasteiger partial charge in [-0.05, 0) is 73.4 Å². The number of aromatic nitrogens is 2.